The van der Waals surface area contributed by atoms with Crippen LogP contribution < -0.4 is 5.73 Å². The lowest BCUT2D eigenvalue weighted by Gasteiger charge is -2.16. The van der Waals surface area contributed by atoms with E-state index in [1.165, 1.54) is 10.4 Å². The Hall–Kier alpha value is -1.40. The first-order valence-electron chi connectivity index (χ1n) is 6.58. The molecule has 0 unspecified atom stereocenters. The van der Waals surface area contributed by atoms with Gasteiger partial charge in [0.25, 0.3) is 0 Å². The molecule has 0 saturated carbocycles. The lowest BCUT2D eigenvalue weighted by Crippen LogP contribution is -2.25. The minimum absolute atomic E-state index is 0.206. The minimum atomic E-state index is -3.55. The molecule has 1 aliphatic rings. The van der Waals surface area contributed by atoms with Gasteiger partial charge in [-0.3, -0.25) is 0 Å². The number of halogens is 1. The lowest BCUT2D eigenvalue weighted by atomic mass is 10.1. The Kier molecular flexibility index (Phi) is 3.75. The fraction of sp³-hybridized carbons (Fsp3) is 0.200. The van der Waals surface area contributed by atoms with E-state index in [2.05, 4.69) is 0 Å². The maximum absolute atomic E-state index is 12.7. The van der Waals surface area contributed by atoms with Crippen molar-refractivity contribution in [1.29, 1.82) is 0 Å². The van der Waals surface area contributed by atoms with Gasteiger partial charge in [-0.1, -0.05) is 41.9 Å². The molecule has 1 heterocycles. The van der Waals surface area contributed by atoms with E-state index in [-0.39, 0.29) is 11.4 Å². The van der Waals surface area contributed by atoms with Crippen molar-refractivity contribution in [1.82, 2.24) is 4.31 Å². The number of nitrogens with two attached hydrogens (primary N) is 1. The third kappa shape index (κ3) is 2.58. The highest BCUT2D eigenvalue weighted by Crippen LogP contribution is 2.30. The van der Waals surface area contributed by atoms with E-state index in [9.17, 15) is 8.42 Å². The summed E-state index contributed by atoms with van der Waals surface area (Å²) < 4.78 is 26.8. The largest absolute Gasteiger partial charge is 0.326 e. The smallest absolute Gasteiger partial charge is 0.243 e. The monoisotopic (exact) mass is 322 g/mol. The van der Waals surface area contributed by atoms with Crippen molar-refractivity contribution in [2.45, 2.75) is 24.5 Å². The fourth-order valence-electron chi connectivity index (χ4n) is 2.47. The molecule has 2 aromatic carbocycles. The molecular formula is C15H15ClN2O2S. The maximum Gasteiger partial charge on any atom is 0.243 e. The second-order valence-electron chi connectivity index (χ2n) is 5.00. The first-order valence-corrected chi connectivity index (χ1v) is 8.39. The molecule has 3 rings (SSSR count). The van der Waals surface area contributed by atoms with Crippen LogP contribution in [0.3, 0.4) is 0 Å². The molecule has 110 valence electrons. The van der Waals surface area contributed by atoms with Gasteiger partial charge in [0.15, 0.2) is 0 Å². The topological polar surface area (TPSA) is 63.4 Å². The molecule has 2 N–H and O–H groups in total. The maximum atomic E-state index is 12.7. The molecule has 6 heteroatoms. The van der Waals surface area contributed by atoms with Crippen LogP contribution in [0.15, 0.2) is 47.4 Å². The minimum Gasteiger partial charge on any atom is -0.326 e. The first kappa shape index (κ1) is 14.5. The van der Waals surface area contributed by atoms with Crippen molar-refractivity contribution in [3.63, 3.8) is 0 Å². The molecule has 21 heavy (non-hydrogen) atoms. The summed E-state index contributed by atoms with van der Waals surface area (Å²) in [5.74, 6) is 0. The molecule has 0 spiro atoms. The number of nitrogens with zero attached hydrogens (tertiary/aromatic N) is 1. The molecule has 0 aliphatic carbocycles. The summed E-state index contributed by atoms with van der Waals surface area (Å²) in [7, 11) is -3.55. The quantitative estimate of drug-likeness (QED) is 0.944. The molecule has 0 saturated heterocycles. The fourth-order valence-corrected chi connectivity index (χ4v) is 4.22. The van der Waals surface area contributed by atoms with E-state index < -0.39 is 10.0 Å². The second kappa shape index (κ2) is 5.42. The predicted molar refractivity (Wildman–Crippen MR) is 82.2 cm³/mol. The van der Waals surface area contributed by atoms with Gasteiger partial charge >= 0.3 is 0 Å². The van der Waals surface area contributed by atoms with Crippen LogP contribution in [0.4, 0.5) is 0 Å². The Morgan fingerprint density at radius 3 is 2.24 bits per heavy atom. The Labute approximate surface area is 129 Å². The highest BCUT2D eigenvalue weighted by molar-refractivity contribution is 7.89. The Bertz CT molecular complexity index is 765. The SMILES string of the molecule is NCc1ccc(S(=O)(=O)N2Cc3ccccc3C2)cc1Cl. The average Bonchev–Trinajstić information content (AvgIpc) is 2.92. The number of hydrogen-bond acceptors (Lipinski definition) is 3. The van der Waals surface area contributed by atoms with E-state index in [0.717, 1.165) is 16.7 Å². The first-order chi connectivity index (χ1) is 10.0. The van der Waals surface area contributed by atoms with Gasteiger partial charge in [-0.2, -0.15) is 4.31 Å². The molecule has 0 bridgehead atoms. The zero-order valence-electron chi connectivity index (χ0n) is 11.3. The zero-order valence-corrected chi connectivity index (χ0v) is 12.9. The standard InChI is InChI=1S/C15H15ClN2O2S/c16-15-7-14(6-5-11(15)8-17)21(19,20)18-9-12-3-1-2-4-13(12)10-18/h1-7H,8-10,17H2. The van der Waals surface area contributed by atoms with Gasteiger partial charge in [-0.25, -0.2) is 8.42 Å². The van der Waals surface area contributed by atoms with E-state index >= 15 is 0 Å². The molecule has 0 radical (unpaired) electrons. The van der Waals surface area contributed by atoms with Crippen LogP contribution in [-0.4, -0.2) is 12.7 Å². The number of hydrogen-bond donors (Lipinski definition) is 1. The summed E-state index contributed by atoms with van der Waals surface area (Å²) in [5, 5.41) is 0.385. The highest BCUT2D eigenvalue weighted by Gasteiger charge is 2.30. The summed E-state index contributed by atoms with van der Waals surface area (Å²) in [5.41, 5.74) is 8.38. The highest BCUT2D eigenvalue weighted by atomic mass is 35.5. The van der Waals surface area contributed by atoms with E-state index in [1.807, 2.05) is 24.3 Å². The molecule has 1 aliphatic heterocycles. The molecule has 0 amide bonds. The van der Waals surface area contributed by atoms with Crippen LogP contribution in [0.25, 0.3) is 0 Å². The third-order valence-electron chi connectivity index (χ3n) is 3.69. The Morgan fingerprint density at radius 1 is 1.10 bits per heavy atom. The predicted octanol–water partition coefficient (Wildman–Crippen LogP) is 2.50. The van der Waals surface area contributed by atoms with Crippen molar-refractivity contribution in [2.75, 3.05) is 0 Å². The summed E-state index contributed by atoms with van der Waals surface area (Å²) in [6.07, 6.45) is 0. The molecule has 4 nitrogen and oxygen atoms in total. The van der Waals surface area contributed by atoms with Crippen LogP contribution in [-0.2, 0) is 29.7 Å². The van der Waals surface area contributed by atoms with Crippen LogP contribution >= 0.6 is 11.6 Å². The van der Waals surface area contributed by atoms with E-state index in [0.29, 0.717) is 18.1 Å². The second-order valence-corrected chi connectivity index (χ2v) is 7.34. The van der Waals surface area contributed by atoms with Gasteiger partial charge in [0, 0.05) is 24.7 Å². The number of sulfonamides is 1. The zero-order chi connectivity index (χ0) is 15.0. The van der Waals surface area contributed by atoms with Crippen LogP contribution in [0.2, 0.25) is 5.02 Å². The number of fused-ring (bicyclic) bond motifs is 1. The van der Waals surface area contributed by atoms with Crippen LogP contribution in [0, 0.1) is 0 Å². The molecule has 0 atom stereocenters. The summed E-state index contributed by atoms with van der Waals surface area (Å²) in [4.78, 5) is 0.206. The van der Waals surface area contributed by atoms with Crippen molar-refractivity contribution in [3.05, 3.63) is 64.2 Å². The Balaban J connectivity index is 1.94. The normalized spacial score (nSPS) is 15.1. The van der Waals surface area contributed by atoms with Gasteiger partial charge in [-0.15, -0.1) is 0 Å². The Morgan fingerprint density at radius 2 is 1.71 bits per heavy atom. The van der Waals surface area contributed by atoms with Crippen molar-refractivity contribution < 1.29 is 8.42 Å². The third-order valence-corrected chi connectivity index (χ3v) is 5.83. The van der Waals surface area contributed by atoms with Gasteiger partial charge in [0.2, 0.25) is 10.0 Å². The van der Waals surface area contributed by atoms with Crippen molar-refractivity contribution in [2.24, 2.45) is 5.73 Å². The van der Waals surface area contributed by atoms with Gasteiger partial charge in [0.05, 0.1) is 4.90 Å². The van der Waals surface area contributed by atoms with Gasteiger partial charge in [-0.05, 0) is 28.8 Å². The van der Waals surface area contributed by atoms with E-state index in [1.54, 1.807) is 12.1 Å². The number of rotatable bonds is 3. The molecular weight excluding hydrogens is 308 g/mol. The average molecular weight is 323 g/mol. The van der Waals surface area contributed by atoms with E-state index in [4.69, 9.17) is 17.3 Å². The summed E-state index contributed by atoms with van der Waals surface area (Å²) in [6, 6.07) is 12.4. The number of benzene rings is 2. The molecule has 0 aromatic heterocycles. The lowest BCUT2D eigenvalue weighted by molar-refractivity contribution is 0.431. The molecule has 0 fully saturated rings. The van der Waals surface area contributed by atoms with Gasteiger partial charge < -0.3 is 5.73 Å². The molecule has 2 aromatic rings. The van der Waals surface area contributed by atoms with Crippen molar-refractivity contribution in [3.8, 4) is 0 Å². The van der Waals surface area contributed by atoms with Gasteiger partial charge in [0.1, 0.15) is 0 Å². The van der Waals surface area contributed by atoms with Crippen LogP contribution in [0.5, 0.6) is 0 Å². The van der Waals surface area contributed by atoms with Crippen molar-refractivity contribution >= 4 is 21.6 Å². The van der Waals surface area contributed by atoms with Crippen LogP contribution in [0.1, 0.15) is 16.7 Å². The summed E-state index contributed by atoms with van der Waals surface area (Å²) in [6.45, 7) is 1.08. The summed E-state index contributed by atoms with van der Waals surface area (Å²) >= 11 is 6.07.